The Bertz CT molecular complexity index is 689. The molecule has 1 amide bonds. The summed E-state index contributed by atoms with van der Waals surface area (Å²) in [6.07, 6.45) is 5.26. The number of ether oxygens (including phenoxy) is 2. The zero-order valence-corrected chi connectivity index (χ0v) is 14.4. The van der Waals surface area contributed by atoms with Crippen molar-refractivity contribution in [1.29, 1.82) is 0 Å². The second kappa shape index (κ2) is 8.48. The summed E-state index contributed by atoms with van der Waals surface area (Å²) >= 11 is 0. The Kier molecular flexibility index (Phi) is 5.85. The van der Waals surface area contributed by atoms with Gasteiger partial charge in [0.1, 0.15) is 0 Å². The molecule has 2 aliphatic rings. The summed E-state index contributed by atoms with van der Waals surface area (Å²) in [4.78, 5) is 13.5. The second-order valence-corrected chi connectivity index (χ2v) is 5.92. The first-order chi connectivity index (χ1) is 12.3. The van der Waals surface area contributed by atoms with Crippen LogP contribution in [0.15, 0.2) is 52.3 Å². The standard InChI is InChI=1S/C19H23N3O3/c1-24-19(23)21-20-14-17-8-7-16(13-15-5-3-2-4-6-15)18(17)22-9-11-25-12-10-22/h2-6,13-14H,7-12H2,1H3,(H,21,23)/b16-13+,20-14-. The van der Waals surface area contributed by atoms with Crippen molar-refractivity contribution in [3.63, 3.8) is 0 Å². The number of morpholine rings is 1. The van der Waals surface area contributed by atoms with Gasteiger partial charge in [0, 0.05) is 18.8 Å². The molecule has 0 unspecified atom stereocenters. The fourth-order valence-electron chi connectivity index (χ4n) is 3.13. The van der Waals surface area contributed by atoms with Crippen LogP contribution in [-0.4, -0.2) is 50.6 Å². The Morgan fingerprint density at radius 2 is 2.00 bits per heavy atom. The average molecular weight is 341 g/mol. The van der Waals surface area contributed by atoms with Gasteiger partial charge in [0.05, 0.1) is 26.5 Å². The lowest BCUT2D eigenvalue weighted by molar-refractivity contribution is 0.0548. The van der Waals surface area contributed by atoms with E-state index in [0.717, 1.165) is 44.7 Å². The molecular formula is C19H23N3O3. The molecule has 1 aliphatic heterocycles. The smallest absolute Gasteiger partial charge is 0.427 e. The molecule has 132 valence electrons. The fourth-order valence-corrected chi connectivity index (χ4v) is 3.13. The van der Waals surface area contributed by atoms with Crippen LogP contribution in [0.25, 0.3) is 6.08 Å². The van der Waals surface area contributed by atoms with Crippen LogP contribution in [0.5, 0.6) is 0 Å². The first-order valence-electron chi connectivity index (χ1n) is 8.47. The van der Waals surface area contributed by atoms with Crippen LogP contribution in [0.2, 0.25) is 0 Å². The van der Waals surface area contributed by atoms with Crippen molar-refractivity contribution in [3.8, 4) is 0 Å². The lowest BCUT2D eigenvalue weighted by atomic mass is 10.1. The van der Waals surface area contributed by atoms with Crippen molar-refractivity contribution < 1.29 is 14.3 Å². The Morgan fingerprint density at radius 1 is 1.24 bits per heavy atom. The van der Waals surface area contributed by atoms with Gasteiger partial charge in [-0.3, -0.25) is 0 Å². The maximum Gasteiger partial charge on any atom is 0.427 e. The Labute approximate surface area is 147 Å². The number of carbonyl (C=O) groups is 1. The molecule has 6 heteroatoms. The minimum atomic E-state index is -0.567. The van der Waals surface area contributed by atoms with Gasteiger partial charge in [0.15, 0.2) is 0 Å². The van der Waals surface area contributed by atoms with E-state index >= 15 is 0 Å². The van der Waals surface area contributed by atoms with Crippen molar-refractivity contribution in [2.75, 3.05) is 33.4 Å². The van der Waals surface area contributed by atoms with Crippen LogP contribution < -0.4 is 5.43 Å². The summed E-state index contributed by atoms with van der Waals surface area (Å²) < 4.78 is 10.0. The van der Waals surface area contributed by atoms with Crippen LogP contribution >= 0.6 is 0 Å². The minimum absolute atomic E-state index is 0.567. The summed E-state index contributed by atoms with van der Waals surface area (Å²) in [6.45, 7) is 3.19. The van der Waals surface area contributed by atoms with Crippen LogP contribution in [-0.2, 0) is 9.47 Å². The van der Waals surface area contributed by atoms with E-state index in [4.69, 9.17) is 4.74 Å². The molecule has 0 saturated carbocycles. The summed E-state index contributed by atoms with van der Waals surface area (Å²) in [7, 11) is 1.32. The fraction of sp³-hybridized carbons (Fsp3) is 0.368. The van der Waals surface area contributed by atoms with Gasteiger partial charge in [-0.1, -0.05) is 30.3 Å². The number of amides is 1. The van der Waals surface area contributed by atoms with E-state index in [0.29, 0.717) is 0 Å². The maximum absolute atomic E-state index is 11.2. The van der Waals surface area contributed by atoms with E-state index in [1.807, 2.05) is 18.2 Å². The topological polar surface area (TPSA) is 63.2 Å². The molecule has 0 atom stereocenters. The largest absolute Gasteiger partial charge is 0.452 e. The van der Waals surface area contributed by atoms with E-state index in [2.05, 4.69) is 38.4 Å². The third kappa shape index (κ3) is 4.48. The van der Waals surface area contributed by atoms with Gasteiger partial charge < -0.3 is 14.4 Å². The van der Waals surface area contributed by atoms with E-state index in [1.54, 1.807) is 6.21 Å². The molecule has 1 saturated heterocycles. The molecule has 0 spiro atoms. The van der Waals surface area contributed by atoms with Gasteiger partial charge in [0.2, 0.25) is 0 Å². The molecule has 0 aromatic heterocycles. The lowest BCUT2D eigenvalue weighted by Gasteiger charge is -2.31. The Hall–Kier alpha value is -2.60. The van der Waals surface area contributed by atoms with Crippen molar-refractivity contribution in [3.05, 3.63) is 52.7 Å². The summed E-state index contributed by atoms with van der Waals surface area (Å²) in [5.41, 5.74) is 7.18. The molecule has 25 heavy (non-hydrogen) atoms. The molecule has 1 aromatic carbocycles. The number of rotatable bonds is 4. The normalized spacial score (nSPS) is 19.7. The van der Waals surface area contributed by atoms with Crippen LogP contribution in [0, 0.1) is 0 Å². The number of hydrogen-bond acceptors (Lipinski definition) is 5. The zero-order valence-electron chi connectivity index (χ0n) is 14.4. The van der Waals surface area contributed by atoms with Gasteiger partial charge in [-0.05, 0) is 35.6 Å². The van der Waals surface area contributed by atoms with Crippen LogP contribution in [0.4, 0.5) is 4.79 Å². The minimum Gasteiger partial charge on any atom is -0.452 e. The molecule has 0 radical (unpaired) electrons. The molecule has 1 fully saturated rings. The van der Waals surface area contributed by atoms with E-state index in [9.17, 15) is 4.79 Å². The van der Waals surface area contributed by atoms with E-state index in [1.165, 1.54) is 23.9 Å². The van der Waals surface area contributed by atoms with Crippen molar-refractivity contribution in [2.24, 2.45) is 5.10 Å². The Morgan fingerprint density at radius 3 is 2.72 bits per heavy atom. The van der Waals surface area contributed by atoms with Crippen molar-refractivity contribution in [2.45, 2.75) is 12.8 Å². The monoisotopic (exact) mass is 341 g/mol. The molecule has 3 rings (SSSR count). The summed E-state index contributed by atoms with van der Waals surface area (Å²) in [5, 5.41) is 4.02. The predicted molar refractivity (Wildman–Crippen MR) is 97.1 cm³/mol. The van der Waals surface area contributed by atoms with Gasteiger partial charge in [-0.25, -0.2) is 10.2 Å². The molecule has 6 nitrogen and oxygen atoms in total. The number of nitrogens with zero attached hydrogens (tertiary/aromatic N) is 2. The van der Waals surface area contributed by atoms with Crippen molar-refractivity contribution >= 4 is 18.4 Å². The molecule has 0 bridgehead atoms. The molecule has 1 heterocycles. The highest BCUT2D eigenvalue weighted by Crippen LogP contribution is 2.34. The average Bonchev–Trinajstić information content (AvgIpc) is 3.05. The molecule has 1 aliphatic carbocycles. The zero-order chi connectivity index (χ0) is 17.5. The number of allylic oxidation sites excluding steroid dienone is 2. The number of benzene rings is 1. The molecular weight excluding hydrogens is 318 g/mol. The molecule has 1 aromatic rings. The lowest BCUT2D eigenvalue weighted by Crippen LogP contribution is -2.36. The highest BCUT2D eigenvalue weighted by molar-refractivity contribution is 5.84. The maximum atomic E-state index is 11.2. The second-order valence-electron chi connectivity index (χ2n) is 5.92. The van der Waals surface area contributed by atoms with E-state index in [-0.39, 0.29) is 0 Å². The first kappa shape index (κ1) is 17.2. The van der Waals surface area contributed by atoms with Gasteiger partial charge in [-0.15, -0.1) is 0 Å². The quantitative estimate of drug-likeness (QED) is 0.676. The third-order valence-electron chi connectivity index (χ3n) is 4.30. The Balaban J connectivity index is 1.87. The number of hydrogen-bond donors (Lipinski definition) is 1. The van der Waals surface area contributed by atoms with Crippen LogP contribution in [0.1, 0.15) is 18.4 Å². The summed E-state index contributed by atoms with van der Waals surface area (Å²) in [5.74, 6) is 0. The third-order valence-corrected chi connectivity index (χ3v) is 4.30. The highest BCUT2D eigenvalue weighted by Gasteiger charge is 2.25. The van der Waals surface area contributed by atoms with Gasteiger partial charge in [0.25, 0.3) is 0 Å². The highest BCUT2D eigenvalue weighted by atomic mass is 16.5. The SMILES string of the molecule is COC(=O)N/N=C\C1=C(N2CCOCC2)C(=C/c2ccccc2)/CC1. The number of methoxy groups -OCH3 is 1. The van der Waals surface area contributed by atoms with Crippen molar-refractivity contribution in [1.82, 2.24) is 10.3 Å². The number of hydrazone groups is 1. The van der Waals surface area contributed by atoms with Gasteiger partial charge in [-0.2, -0.15) is 5.10 Å². The van der Waals surface area contributed by atoms with Gasteiger partial charge >= 0.3 is 6.09 Å². The molecule has 1 N–H and O–H groups in total. The first-order valence-corrected chi connectivity index (χ1v) is 8.47. The number of carbonyl (C=O) groups excluding carboxylic acids is 1. The van der Waals surface area contributed by atoms with Crippen LogP contribution in [0.3, 0.4) is 0 Å². The van der Waals surface area contributed by atoms with E-state index < -0.39 is 6.09 Å². The number of nitrogens with one attached hydrogen (secondary N) is 1. The summed E-state index contributed by atoms with van der Waals surface area (Å²) in [6, 6.07) is 10.3. The predicted octanol–water partition coefficient (Wildman–Crippen LogP) is 2.79.